The van der Waals surface area contributed by atoms with Crippen molar-refractivity contribution in [1.29, 1.82) is 0 Å². The molecule has 3 aliphatic heterocycles. The van der Waals surface area contributed by atoms with Crippen LogP contribution in [0.1, 0.15) is 69.4 Å². The summed E-state index contributed by atoms with van der Waals surface area (Å²) in [6, 6.07) is 6.34. The third-order valence-corrected chi connectivity index (χ3v) is 8.94. The first-order valence-electron chi connectivity index (χ1n) is 14.9. The zero-order valence-electron chi connectivity index (χ0n) is 23.3. The molecule has 0 bridgehead atoms. The molecule has 3 N–H and O–H groups in total. The number of aromatic nitrogens is 2. The third-order valence-electron chi connectivity index (χ3n) is 8.94. The van der Waals surface area contributed by atoms with Gasteiger partial charge in [-0.05, 0) is 88.2 Å². The van der Waals surface area contributed by atoms with Crippen LogP contribution in [0.5, 0.6) is 0 Å². The summed E-state index contributed by atoms with van der Waals surface area (Å²) >= 11 is 0. The van der Waals surface area contributed by atoms with E-state index in [-0.39, 0.29) is 30.1 Å². The number of fused-ring (bicyclic) bond motifs is 1. The molecule has 9 heteroatoms. The lowest BCUT2D eigenvalue weighted by molar-refractivity contribution is -0.119. The molecule has 0 radical (unpaired) electrons. The van der Waals surface area contributed by atoms with E-state index in [1.54, 1.807) is 6.20 Å². The fraction of sp³-hybridized carbons (Fsp3) is 0.633. The van der Waals surface area contributed by atoms with Crippen LogP contribution in [0.3, 0.4) is 0 Å². The summed E-state index contributed by atoms with van der Waals surface area (Å²) < 4.78 is 5.84. The van der Waals surface area contributed by atoms with E-state index in [9.17, 15) is 4.79 Å². The normalized spacial score (nSPS) is 31.6. The van der Waals surface area contributed by atoms with Gasteiger partial charge in [0, 0.05) is 44.0 Å². The molecule has 3 saturated heterocycles. The summed E-state index contributed by atoms with van der Waals surface area (Å²) in [5.41, 5.74) is 10.1. The SMILES string of the molecule is CC1CN(c2ccc(NC(=O)C3NNC4CCC(c5cncc(CN6CCCCC6)c5)CC43)cn2)CC(C)O1. The number of piperidine rings is 1. The molecule has 2 aromatic rings. The Morgan fingerprint density at radius 2 is 1.87 bits per heavy atom. The maximum Gasteiger partial charge on any atom is 0.243 e. The highest BCUT2D eigenvalue weighted by Crippen LogP contribution is 2.40. The second-order valence-electron chi connectivity index (χ2n) is 12.1. The van der Waals surface area contributed by atoms with E-state index in [1.807, 2.05) is 24.5 Å². The number of ether oxygens (including phenoxy) is 1. The fourth-order valence-corrected chi connectivity index (χ4v) is 7.04. The average molecular weight is 534 g/mol. The van der Waals surface area contributed by atoms with Gasteiger partial charge in [0.05, 0.1) is 24.1 Å². The largest absolute Gasteiger partial charge is 0.372 e. The van der Waals surface area contributed by atoms with Gasteiger partial charge in [0.15, 0.2) is 0 Å². The Morgan fingerprint density at radius 1 is 1.05 bits per heavy atom. The van der Waals surface area contributed by atoms with Crippen LogP contribution in [0.4, 0.5) is 11.5 Å². The van der Waals surface area contributed by atoms with E-state index in [4.69, 9.17) is 4.74 Å². The second-order valence-corrected chi connectivity index (χ2v) is 12.1. The number of morpholine rings is 1. The Hall–Kier alpha value is -2.59. The first-order valence-corrected chi connectivity index (χ1v) is 14.9. The van der Waals surface area contributed by atoms with Crippen LogP contribution in [-0.2, 0) is 16.1 Å². The van der Waals surface area contributed by atoms with Crippen molar-refractivity contribution < 1.29 is 9.53 Å². The quantitative estimate of drug-likeness (QED) is 0.520. The number of hydrogen-bond donors (Lipinski definition) is 3. The topological polar surface area (TPSA) is 94.7 Å². The molecule has 0 aromatic carbocycles. The number of carbonyl (C=O) groups excluding carboxylic acids is 1. The van der Waals surface area contributed by atoms with E-state index < -0.39 is 0 Å². The zero-order chi connectivity index (χ0) is 26.8. The summed E-state index contributed by atoms with van der Waals surface area (Å²) in [6.45, 7) is 9.19. The van der Waals surface area contributed by atoms with Gasteiger partial charge in [0.25, 0.3) is 0 Å². The molecule has 2 aromatic heterocycles. The summed E-state index contributed by atoms with van der Waals surface area (Å²) in [6.07, 6.45) is 13.3. The van der Waals surface area contributed by atoms with Gasteiger partial charge in [-0.15, -0.1) is 0 Å². The summed E-state index contributed by atoms with van der Waals surface area (Å²) in [7, 11) is 0. The Bertz CT molecular complexity index is 1110. The van der Waals surface area contributed by atoms with Gasteiger partial charge in [0.1, 0.15) is 11.9 Å². The molecule has 4 aliphatic rings. The molecule has 9 nitrogen and oxygen atoms in total. The van der Waals surface area contributed by atoms with E-state index in [2.05, 4.69) is 55.8 Å². The molecule has 0 spiro atoms. The highest BCUT2D eigenvalue weighted by molar-refractivity contribution is 5.95. The van der Waals surface area contributed by atoms with Gasteiger partial charge in [-0.25, -0.2) is 10.4 Å². The van der Waals surface area contributed by atoms with E-state index >= 15 is 0 Å². The Kier molecular flexibility index (Phi) is 8.11. The van der Waals surface area contributed by atoms with Gasteiger partial charge in [-0.1, -0.05) is 12.5 Å². The Morgan fingerprint density at radius 3 is 2.64 bits per heavy atom. The van der Waals surface area contributed by atoms with Crippen LogP contribution < -0.4 is 21.1 Å². The molecule has 1 amide bonds. The van der Waals surface area contributed by atoms with Crippen molar-refractivity contribution in [3.05, 3.63) is 47.9 Å². The number of anilines is 2. The molecular weight excluding hydrogens is 490 g/mol. The van der Waals surface area contributed by atoms with Gasteiger partial charge in [-0.3, -0.25) is 20.1 Å². The van der Waals surface area contributed by atoms with Crippen LogP contribution in [0.15, 0.2) is 36.8 Å². The molecule has 39 heavy (non-hydrogen) atoms. The van der Waals surface area contributed by atoms with Gasteiger partial charge in [-0.2, -0.15) is 0 Å². The lowest BCUT2D eigenvalue weighted by Gasteiger charge is -2.36. The van der Waals surface area contributed by atoms with Gasteiger partial charge in [0.2, 0.25) is 5.91 Å². The first kappa shape index (κ1) is 26.6. The van der Waals surface area contributed by atoms with E-state index in [0.29, 0.717) is 12.0 Å². The molecule has 210 valence electrons. The van der Waals surface area contributed by atoms with Gasteiger partial charge < -0.3 is 15.0 Å². The van der Waals surface area contributed by atoms with Crippen LogP contribution in [-0.4, -0.2) is 71.2 Å². The molecular formula is C30H43N7O2. The molecule has 1 aliphatic carbocycles. The van der Waals surface area contributed by atoms with Gasteiger partial charge >= 0.3 is 0 Å². The van der Waals surface area contributed by atoms with Crippen molar-refractivity contribution in [1.82, 2.24) is 25.7 Å². The van der Waals surface area contributed by atoms with Crippen LogP contribution in [0.25, 0.3) is 0 Å². The van der Waals surface area contributed by atoms with Crippen molar-refractivity contribution in [2.75, 3.05) is 36.4 Å². The lowest BCUT2D eigenvalue weighted by atomic mass is 9.73. The third kappa shape index (κ3) is 6.27. The van der Waals surface area contributed by atoms with Crippen molar-refractivity contribution in [3.63, 3.8) is 0 Å². The second kappa shape index (κ2) is 11.9. The van der Waals surface area contributed by atoms with E-state index in [1.165, 1.54) is 43.5 Å². The predicted molar refractivity (Wildman–Crippen MR) is 152 cm³/mol. The number of pyridine rings is 2. The number of nitrogens with one attached hydrogen (secondary N) is 3. The van der Waals surface area contributed by atoms with Crippen molar-refractivity contribution in [2.24, 2.45) is 5.92 Å². The lowest BCUT2D eigenvalue weighted by Crippen LogP contribution is -2.45. The Balaban J connectivity index is 1.07. The number of hydrazine groups is 1. The van der Waals surface area contributed by atoms with Crippen LogP contribution in [0, 0.1) is 5.92 Å². The standard InChI is InChI=1S/C30H43N7O2/c1-20-17-37(18-21(2)39-20)28-9-7-25(16-32-28)33-30(38)29-26-13-23(6-8-27(26)34-35-29)24-12-22(14-31-15-24)19-36-10-4-3-5-11-36/h7,9,12,14-16,20-21,23,26-27,29,34-35H,3-6,8,10-11,13,17-19H2,1-2H3,(H,33,38). The van der Waals surface area contributed by atoms with Crippen LogP contribution in [0.2, 0.25) is 0 Å². The molecule has 6 rings (SSSR count). The average Bonchev–Trinajstić information content (AvgIpc) is 3.37. The Labute approximate surface area is 232 Å². The van der Waals surface area contributed by atoms with Crippen molar-refractivity contribution in [2.45, 2.75) is 89.1 Å². The number of rotatable bonds is 6. The van der Waals surface area contributed by atoms with E-state index in [0.717, 1.165) is 50.4 Å². The fourth-order valence-electron chi connectivity index (χ4n) is 7.04. The minimum Gasteiger partial charge on any atom is -0.372 e. The first-order chi connectivity index (χ1) is 19.0. The number of nitrogens with zero attached hydrogens (tertiary/aromatic N) is 4. The number of likely N-dealkylation sites (tertiary alicyclic amines) is 1. The van der Waals surface area contributed by atoms with Crippen LogP contribution >= 0.6 is 0 Å². The number of amides is 1. The minimum absolute atomic E-state index is 0.00390. The number of hydrogen-bond acceptors (Lipinski definition) is 8. The van der Waals surface area contributed by atoms with Crippen molar-refractivity contribution >= 4 is 17.4 Å². The van der Waals surface area contributed by atoms with Crippen molar-refractivity contribution in [3.8, 4) is 0 Å². The minimum atomic E-state index is -0.275. The monoisotopic (exact) mass is 533 g/mol. The molecule has 5 heterocycles. The number of carbonyl (C=O) groups is 1. The molecule has 6 unspecified atom stereocenters. The zero-order valence-corrected chi connectivity index (χ0v) is 23.3. The maximum absolute atomic E-state index is 13.4. The highest BCUT2D eigenvalue weighted by atomic mass is 16.5. The maximum atomic E-state index is 13.4. The summed E-state index contributed by atoms with van der Waals surface area (Å²) in [5, 5.41) is 3.11. The molecule has 1 saturated carbocycles. The molecule has 4 fully saturated rings. The molecule has 6 atom stereocenters. The summed E-state index contributed by atoms with van der Waals surface area (Å²) in [5.74, 6) is 1.58. The smallest absolute Gasteiger partial charge is 0.243 e. The highest BCUT2D eigenvalue weighted by Gasteiger charge is 2.44. The predicted octanol–water partition coefficient (Wildman–Crippen LogP) is 3.44. The summed E-state index contributed by atoms with van der Waals surface area (Å²) in [4.78, 5) is 27.4.